The van der Waals surface area contributed by atoms with Gasteiger partial charge in [-0.15, -0.1) is 0 Å². The molecule has 4 N–H and O–H groups in total. The summed E-state index contributed by atoms with van der Waals surface area (Å²) in [5.74, 6) is -1.33. The van der Waals surface area contributed by atoms with E-state index in [9.17, 15) is 4.79 Å². The van der Waals surface area contributed by atoms with Crippen LogP contribution in [0.2, 0.25) is 0 Å². The summed E-state index contributed by atoms with van der Waals surface area (Å²) in [6.45, 7) is 5.65. The van der Waals surface area contributed by atoms with Gasteiger partial charge in [0.1, 0.15) is 5.78 Å². The summed E-state index contributed by atoms with van der Waals surface area (Å²) in [6.07, 6.45) is 0. The lowest BCUT2D eigenvalue weighted by Crippen LogP contribution is -2.15. The van der Waals surface area contributed by atoms with Crippen LogP contribution in [0.4, 0.5) is 0 Å². The number of hydrogen-bond donors (Lipinski definition) is 2. The van der Waals surface area contributed by atoms with Crippen molar-refractivity contribution in [2.45, 2.75) is 33.5 Å². The molecule has 0 aliphatic rings. The van der Waals surface area contributed by atoms with E-state index in [0.29, 0.717) is 0 Å². The molecule has 0 bridgehead atoms. The van der Waals surface area contributed by atoms with E-state index in [1.165, 1.54) is 27.7 Å². The summed E-state index contributed by atoms with van der Waals surface area (Å²) in [5.41, 5.74) is 0. The summed E-state index contributed by atoms with van der Waals surface area (Å²) in [4.78, 5) is 9.44. The van der Waals surface area contributed by atoms with Crippen LogP contribution >= 0.6 is 0 Å². The fraction of sp³-hybridized carbons (Fsp3) is 0.833. The molecule has 0 fully saturated rings. The van der Waals surface area contributed by atoms with E-state index in [1.807, 2.05) is 0 Å². The first-order valence-corrected chi connectivity index (χ1v) is 2.65. The van der Waals surface area contributed by atoms with Crippen molar-refractivity contribution in [2.75, 3.05) is 0 Å². The van der Waals surface area contributed by atoms with Gasteiger partial charge in [0.05, 0.1) is 0 Å². The highest BCUT2D eigenvalue weighted by molar-refractivity contribution is 5.72. The molecule has 10 heavy (non-hydrogen) atoms. The van der Waals surface area contributed by atoms with Crippen LogP contribution in [0.1, 0.15) is 27.7 Å². The highest BCUT2D eigenvalue weighted by Gasteiger charge is 2.00. The topological polar surface area (TPSA) is 89.0 Å². The van der Waals surface area contributed by atoms with Crippen LogP contribution in [0.25, 0.3) is 0 Å². The Balaban J connectivity index is -0.0000000910. The van der Waals surface area contributed by atoms with Crippen molar-refractivity contribution in [3.8, 4) is 0 Å². The minimum absolute atomic E-state index is 0. The van der Waals surface area contributed by atoms with E-state index >= 15 is 0 Å². The first-order chi connectivity index (χ1) is 3.73. The fourth-order valence-corrected chi connectivity index (χ4v) is 0. The van der Waals surface area contributed by atoms with Crippen LogP contribution in [0.5, 0.6) is 0 Å². The van der Waals surface area contributed by atoms with Crippen LogP contribution in [0.15, 0.2) is 0 Å². The van der Waals surface area contributed by atoms with Crippen LogP contribution < -0.4 is 0 Å². The smallest absolute Gasteiger partial charge is 0.156 e. The number of ketones is 1. The average Bonchev–Trinajstić information content (AvgIpc) is 1.19. The van der Waals surface area contributed by atoms with Crippen LogP contribution in [0.3, 0.4) is 0 Å². The molecule has 4 heteroatoms. The molecule has 0 saturated heterocycles. The Kier molecular flexibility index (Phi) is 10.8. The molecule has 0 unspecified atom stereocenters. The molecule has 4 nitrogen and oxygen atoms in total. The Morgan fingerprint density at radius 3 is 1.20 bits per heavy atom. The maximum absolute atomic E-state index is 9.44. The largest absolute Gasteiger partial charge is 0.412 e. The first kappa shape index (κ1) is 16.3. The molecule has 0 rings (SSSR count). The molecule has 0 amide bonds. The summed E-state index contributed by atoms with van der Waals surface area (Å²) < 4.78 is 0. The number of hydrogen-bond acceptors (Lipinski definition) is 3. The highest BCUT2D eigenvalue weighted by Crippen LogP contribution is 1.88. The predicted octanol–water partition coefficient (Wildman–Crippen LogP) is -0.522. The van der Waals surface area contributed by atoms with Gasteiger partial charge in [-0.3, -0.25) is 0 Å². The second-order valence-corrected chi connectivity index (χ2v) is 2.40. The average molecular weight is 152 g/mol. The summed E-state index contributed by atoms with van der Waals surface area (Å²) in [7, 11) is 0. The van der Waals surface area contributed by atoms with Crippen molar-refractivity contribution in [3.63, 3.8) is 0 Å². The molecular weight excluding hydrogens is 136 g/mol. The van der Waals surface area contributed by atoms with Crippen molar-refractivity contribution in [1.82, 2.24) is 0 Å². The minimum atomic E-state index is -1.50. The Labute approximate surface area is 60.8 Å². The third kappa shape index (κ3) is 1600. The molecule has 0 radical (unpaired) electrons. The maximum Gasteiger partial charge on any atom is 0.156 e. The Bertz CT molecular complexity index is 72.2. The van der Waals surface area contributed by atoms with Crippen molar-refractivity contribution < 1.29 is 20.5 Å². The first-order valence-electron chi connectivity index (χ1n) is 2.65. The summed E-state index contributed by atoms with van der Waals surface area (Å²) >= 11 is 0. The third-order valence-electron chi connectivity index (χ3n) is 0. The minimum Gasteiger partial charge on any atom is -0.412 e. The van der Waals surface area contributed by atoms with Crippen molar-refractivity contribution in [3.05, 3.63) is 0 Å². The van der Waals surface area contributed by atoms with Crippen molar-refractivity contribution >= 4 is 5.78 Å². The van der Waals surface area contributed by atoms with E-state index in [2.05, 4.69) is 0 Å². The molecule has 0 saturated carbocycles. The molecule has 0 atom stereocenters. The molecule has 0 aliphatic carbocycles. The van der Waals surface area contributed by atoms with Crippen molar-refractivity contribution in [2.24, 2.45) is 0 Å². The summed E-state index contributed by atoms with van der Waals surface area (Å²) in [6, 6.07) is 0. The summed E-state index contributed by atoms with van der Waals surface area (Å²) in [5, 5.41) is 16.2. The van der Waals surface area contributed by atoms with E-state index in [1.54, 1.807) is 0 Å². The van der Waals surface area contributed by atoms with Gasteiger partial charge in [-0.1, -0.05) is 0 Å². The third-order valence-corrected chi connectivity index (χ3v) is 0. The second kappa shape index (κ2) is 6.67. The van der Waals surface area contributed by atoms with Gasteiger partial charge in [-0.05, 0) is 27.7 Å². The second-order valence-electron chi connectivity index (χ2n) is 2.40. The molecule has 0 spiro atoms. The Morgan fingerprint density at radius 2 is 1.20 bits per heavy atom. The zero-order chi connectivity index (χ0) is 8.08. The van der Waals surface area contributed by atoms with Crippen LogP contribution in [-0.4, -0.2) is 27.3 Å². The van der Waals surface area contributed by atoms with E-state index in [-0.39, 0.29) is 11.3 Å². The lowest BCUT2D eigenvalue weighted by atomic mass is 10.4. The lowest BCUT2D eigenvalue weighted by molar-refractivity contribution is -0.127. The van der Waals surface area contributed by atoms with E-state index < -0.39 is 5.79 Å². The number of rotatable bonds is 0. The van der Waals surface area contributed by atoms with E-state index in [4.69, 9.17) is 10.2 Å². The van der Waals surface area contributed by atoms with Gasteiger partial charge in [0.2, 0.25) is 0 Å². The van der Waals surface area contributed by atoms with Gasteiger partial charge < -0.3 is 20.5 Å². The maximum atomic E-state index is 9.44. The highest BCUT2D eigenvalue weighted by atomic mass is 16.5. The monoisotopic (exact) mass is 152 g/mol. The zero-order valence-electron chi connectivity index (χ0n) is 6.80. The molecule has 0 aliphatic heterocycles. The Hall–Kier alpha value is -0.450. The SMILES string of the molecule is CC(C)(O)O.CC(C)=O.O. The lowest BCUT2D eigenvalue weighted by Gasteiger charge is -2.03. The molecule has 0 aromatic rings. The normalized spacial score (nSPS) is 8.60. The molecule has 0 aromatic carbocycles. The van der Waals surface area contributed by atoms with Gasteiger partial charge in [0, 0.05) is 0 Å². The molecule has 0 heterocycles. The van der Waals surface area contributed by atoms with Gasteiger partial charge in [0.25, 0.3) is 0 Å². The predicted molar refractivity (Wildman–Crippen MR) is 38.5 cm³/mol. The number of aliphatic hydroxyl groups is 2. The molecule has 0 aromatic heterocycles. The molecular formula is C6H16O4. The molecule has 64 valence electrons. The standard InChI is InChI=1S/C3H8O2.C3H6O.H2O/c1-3(2,4)5;1-3(2)4;/h4-5H,1-2H3;1-2H3;1H2. The van der Waals surface area contributed by atoms with Gasteiger partial charge in [-0.2, -0.15) is 0 Å². The van der Waals surface area contributed by atoms with Gasteiger partial charge >= 0.3 is 0 Å². The van der Waals surface area contributed by atoms with Crippen LogP contribution in [0, 0.1) is 0 Å². The van der Waals surface area contributed by atoms with Gasteiger partial charge in [0.15, 0.2) is 5.79 Å². The van der Waals surface area contributed by atoms with Gasteiger partial charge in [-0.25, -0.2) is 0 Å². The Morgan fingerprint density at radius 1 is 1.20 bits per heavy atom. The van der Waals surface area contributed by atoms with Crippen LogP contribution in [-0.2, 0) is 4.79 Å². The quantitative estimate of drug-likeness (QED) is 0.457. The zero-order valence-corrected chi connectivity index (χ0v) is 6.80. The number of carbonyl (C=O) groups excluding carboxylic acids is 1. The van der Waals surface area contributed by atoms with E-state index in [0.717, 1.165) is 0 Å². The number of Topliss-reactive ketones (excluding diaryl/α,β-unsaturated/α-hetero) is 1. The fourth-order valence-electron chi connectivity index (χ4n) is 0. The number of carbonyl (C=O) groups is 1. The van der Waals surface area contributed by atoms with Crippen molar-refractivity contribution in [1.29, 1.82) is 0 Å².